The Morgan fingerprint density at radius 1 is 0.882 bits per heavy atom. The van der Waals surface area contributed by atoms with E-state index in [1.54, 1.807) is 25.6 Å². The van der Waals surface area contributed by atoms with Gasteiger partial charge in [0.15, 0.2) is 27.6 Å². The first kappa shape index (κ1) is 23.6. The van der Waals surface area contributed by atoms with Gasteiger partial charge in [-0.15, -0.1) is 10.2 Å². The van der Waals surface area contributed by atoms with Crippen LogP contribution in [0.4, 0.5) is 0 Å². The average molecular weight is 478 g/mol. The van der Waals surface area contributed by atoms with Crippen molar-refractivity contribution in [2.24, 2.45) is 0 Å². The lowest BCUT2D eigenvalue weighted by atomic mass is 10.1. The molecule has 4 aromatic rings. The summed E-state index contributed by atoms with van der Waals surface area (Å²) < 4.78 is 18.9. The van der Waals surface area contributed by atoms with E-state index in [-0.39, 0.29) is 0 Å². The predicted molar refractivity (Wildman–Crippen MR) is 131 cm³/mol. The molecule has 8 nitrogen and oxygen atoms in total. The number of aryl methyl sites for hydroxylation is 1. The molecule has 0 aliphatic rings. The van der Waals surface area contributed by atoms with E-state index in [1.165, 1.54) is 11.8 Å². The first-order valence-electron chi connectivity index (χ1n) is 11.1. The first-order valence-corrected chi connectivity index (χ1v) is 11.9. The standard InChI is InChI=1S/C25H27N5O3S/c1-4-32-21-12-7-18(17-22(21)33-5-2)13-16-30-23(19-8-10-20(31-3)11-9-19)28-29-25(30)34-24-26-14-6-15-27-24/h6-12,14-15,17H,4-5,13,16H2,1-3H3. The van der Waals surface area contributed by atoms with Gasteiger partial charge in [-0.3, -0.25) is 0 Å². The second kappa shape index (κ2) is 11.5. The Kier molecular flexibility index (Phi) is 7.98. The Bertz CT molecular complexity index is 1200. The average Bonchev–Trinajstić information content (AvgIpc) is 3.27. The van der Waals surface area contributed by atoms with Crippen LogP contribution in [0.2, 0.25) is 0 Å². The van der Waals surface area contributed by atoms with Crippen LogP contribution in [0, 0.1) is 0 Å². The van der Waals surface area contributed by atoms with E-state index in [4.69, 9.17) is 14.2 Å². The molecule has 0 amide bonds. The highest BCUT2D eigenvalue weighted by Gasteiger charge is 2.17. The summed E-state index contributed by atoms with van der Waals surface area (Å²) >= 11 is 1.39. The van der Waals surface area contributed by atoms with Gasteiger partial charge in [0.1, 0.15) is 5.75 Å². The Hall–Kier alpha value is -3.59. The summed E-state index contributed by atoms with van der Waals surface area (Å²) in [4.78, 5) is 8.64. The third-order valence-electron chi connectivity index (χ3n) is 5.02. The van der Waals surface area contributed by atoms with Gasteiger partial charge in [0.05, 0.1) is 20.3 Å². The quantitative estimate of drug-likeness (QED) is 0.281. The van der Waals surface area contributed by atoms with Crippen LogP contribution in [0.5, 0.6) is 17.2 Å². The molecular formula is C25H27N5O3S. The molecule has 176 valence electrons. The maximum Gasteiger partial charge on any atom is 0.199 e. The van der Waals surface area contributed by atoms with Crippen LogP contribution in [0.25, 0.3) is 11.4 Å². The molecule has 0 unspecified atom stereocenters. The number of rotatable bonds is 11. The van der Waals surface area contributed by atoms with Gasteiger partial charge >= 0.3 is 0 Å². The van der Waals surface area contributed by atoms with Gasteiger partial charge in [-0.2, -0.15) is 0 Å². The summed E-state index contributed by atoms with van der Waals surface area (Å²) in [7, 11) is 1.65. The number of benzene rings is 2. The van der Waals surface area contributed by atoms with Crippen molar-refractivity contribution in [2.45, 2.75) is 37.1 Å². The molecule has 0 fully saturated rings. The number of ether oxygens (including phenoxy) is 3. The first-order chi connectivity index (χ1) is 16.7. The third kappa shape index (κ3) is 5.66. The van der Waals surface area contributed by atoms with Gasteiger partial charge < -0.3 is 18.8 Å². The van der Waals surface area contributed by atoms with E-state index in [2.05, 4.69) is 30.8 Å². The molecule has 0 atom stereocenters. The highest BCUT2D eigenvalue weighted by Crippen LogP contribution is 2.31. The molecule has 0 radical (unpaired) electrons. The fraction of sp³-hybridized carbons (Fsp3) is 0.280. The summed E-state index contributed by atoms with van der Waals surface area (Å²) in [6.45, 7) is 5.77. The second-order valence-corrected chi connectivity index (χ2v) is 8.15. The number of methoxy groups -OCH3 is 1. The van der Waals surface area contributed by atoms with Gasteiger partial charge in [0.25, 0.3) is 0 Å². The molecule has 0 saturated heterocycles. The fourth-order valence-corrected chi connectivity index (χ4v) is 4.19. The molecular weight excluding hydrogens is 450 g/mol. The fourth-order valence-electron chi connectivity index (χ4n) is 3.43. The summed E-state index contributed by atoms with van der Waals surface area (Å²) in [5, 5.41) is 10.3. The smallest absolute Gasteiger partial charge is 0.199 e. The Morgan fingerprint density at radius 2 is 1.62 bits per heavy atom. The molecule has 0 aliphatic carbocycles. The van der Waals surface area contributed by atoms with Crippen molar-refractivity contribution < 1.29 is 14.2 Å². The van der Waals surface area contributed by atoms with Crippen LogP contribution in [-0.2, 0) is 13.0 Å². The third-order valence-corrected chi connectivity index (χ3v) is 5.90. The van der Waals surface area contributed by atoms with Gasteiger partial charge in [-0.25, -0.2) is 9.97 Å². The van der Waals surface area contributed by atoms with E-state index < -0.39 is 0 Å². The van der Waals surface area contributed by atoms with Gasteiger partial charge in [-0.1, -0.05) is 6.07 Å². The molecule has 4 rings (SSSR count). The van der Waals surface area contributed by atoms with E-state index in [0.717, 1.165) is 45.8 Å². The van der Waals surface area contributed by atoms with Crippen molar-refractivity contribution in [3.05, 3.63) is 66.5 Å². The van der Waals surface area contributed by atoms with E-state index in [0.29, 0.717) is 24.9 Å². The number of nitrogens with zero attached hydrogens (tertiary/aromatic N) is 5. The van der Waals surface area contributed by atoms with Crippen molar-refractivity contribution in [3.8, 4) is 28.6 Å². The molecule has 0 bridgehead atoms. The van der Waals surface area contributed by atoms with Crippen molar-refractivity contribution in [1.29, 1.82) is 0 Å². The molecule has 0 spiro atoms. The van der Waals surface area contributed by atoms with Crippen LogP contribution in [0.3, 0.4) is 0 Å². The summed E-state index contributed by atoms with van der Waals surface area (Å²) in [5.41, 5.74) is 2.09. The molecule has 2 heterocycles. The van der Waals surface area contributed by atoms with E-state index >= 15 is 0 Å². The van der Waals surface area contributed by atoms with E-state index in [1.807, 2.05) is 50.2 Å². The molecule has 2 aromatic carbocycles. The lowest BCUT2D eigenvalue weighted by Crippen LogP contribution is -2.06. The molecule has 0 aliphatic heterocycles. The normalized spacial score (nSPS) is 10.8. The zero-order valence-electron chi connectivity index (χ0n) is 19.5. The van der Waals surface area contributed by atoms with Crippen molar-refractivity contribution in [3.63, 3.8) is 0 Å². The van der Waals surface area contributed by atoms with Crippen LogP contribution < -0.4 is 14.2 Å². The Labute approximate surface area is 203 Å². The zero-order valence-corrected chi connectivity index (χ0v) is 20.3. The SMILES string of the molecule is CCOc1ccc(CCn2c(Sc3ncccn3)nnc2-c2ccc(OC)cc2)cc1OCC. The monoisotopic (exact) mass is 477 g/mol. The van der Waals surface area contributed by atoms with Gasteiger partial charge in [-0.05, 0) is 80.1 Å². The minimum atomic E-state index is 0.578. The van der Waals surface area contributed by atoms with Crippen molar-refractivity contribution >= 4 is 11.8 Å². The van der Waals surface area contributed by atoms with E-state index in [9.17, 15) is 0 Å². The lowest BCUT2D eigenvalue weighted by molar-refractivity contribution is 0.287. The molecule has 0 saturated carbocycles. The second-order valence-electron chi connectivity index (χ2n) is 7.22. The summed E-state index contributed by atoms with van der Waals surface area (Å²) in [5.74, 6) is 3.08. The van der Waals surface area contributed by atoms with Gasteiger partial charge in [0.2, 0.25) is 0 Å². The highest BCUT2D eigenvalue weighted by molar-refractivity contribution is 7.99. The zero-order chi connectivity index (χ0) is 23.8. The largest absolute Gasteiger partial charge is 0.497 e. The van der Waals surface area contributed by atoms with Crippen LogP contribution in [0.15, 0.2) is 71.2 Å². The van der Waals surface area contributed by atoms with Crippen molar-refractivity contribution in [2.75, 3.05) is 20.3 Å². The number of aromatic nitrogens is 5. The van der Waals surface area contributed by atoms with Gasteiger partial charge in [0, 0.05) is 24.5 Å². The maximum atomic E-state index is 5.80. The minimum Gasteiger partial charge on any atom is -0.497 e. The predicted octanol–water partition coefficient (Wildman–Crippen LogP) is 4.94. The van der Waals surface area contributed by atoms with Crippen molar-refractivity contribution in [1.82, 2.24) is 24.7 Å². The molecule has 9 heteroatoms. The highest BCUT2D eigenvalue weighted by atomic mass is 32.2. The molecule has 2 aromatic heterocycles. The number of hydrogen-bond acceptors (Lipinski definition) is 8. The lowest BCUT2D eigenvalue weighted by Gasteiger charge is -2.14. The molecule has 34 heavy (non-hydrogen) atoms. The molecule has 0 N–H and O–H groups in total. The van der Waals surface area contributed by atoms with Crippen LogP contribution in [0.1, 0.15) is 19.4 Å². The Morgan fingerprint density at radius 3 is 2.32 bits per heavy atom. The minimum absolute atomic E-state index is 0.578. The maximum absolute atomic E-state index is 5.80. The van der Waals surface area contributed by atoms with Crippen LogP contribution in [-0.4, -0.2) is 45.1 Å². The Balaban J connectivity index is 1.63. The topological polar surface area (TPSA) is 84.2 Å². The number of hydrogen-bond donors (Lipinski definition) is 0. The summed E-state index contributed by atoms with van der Waals surface area (Å²) in [6.07, 6.45) is 4.20. The van der Waals surface area contributed by atoms with Crippen LogP contribution >= 0.6 is 11.8 Å². The summed E-state index contributed by atoms with van der Waals surface area (Å²) in [6, 6.07) is 15.7.